The molecular weight excluding hydrogens is 418 g/mol. The Balaban J connectivity index is 1.65. The van der Waals surface area contributed by atoms with Gasteiger partial charge in [-0.25, -0.2) is 9.98 Å². The monoisotopic (exact) mass is 427 g/mol. The smallest absolute Gasteiger partial charge is 0.280 e. The molecule has 0 unspecified atom stereocenters. The van der Waals surface area contributed by atoms with Gasteiger partial charge in [-0.3, -0.25) is 25.1 Å². The Morgan fingerprint density at radius 2 is 2.00 bits per heavy atom. The normalized spacial score (nSPS) is 11.8. The van der Waals surface area contributed by atoms with Gasteiger partial charge >= 0.3 is 0 Å². The van der Waals surface area contributed by atoms with Crippen molar-refractivity contribution in [2.45, 2.75) is 0 Å². The van der Waals surface area contributed by atoms with Crippen molar-refractivity contribution in [2.75, 3.05) is 0 Å². The highest BCUT2D eigenvalue weighted by Crippen LogP contribution is 2.34. The topological polar surface area (TPSA) is 142 Å². The highest BCUT2D eigenvalue weighted by molar-refractivity contribution is 7.22. The molecule has 2 N–H and O–H groups in total. The number of benzene rings is 2. The summed E-state index contributed by atoms with van der Waals surface area (Å²) in [7, 11) is 0. The van der Waals surface area contributed by atoms with Crippen molar-refractivity contribution in [2.24, 2.45) is 15.2 Å². The summed E-state index contributed by atoms with van der Waals surface area (Å²) in [5, 5.41) is 24.7. The van der Waals surface area contributed by atoms with E-state index in [1.54, 1.807) is 36.4 Å². The standard InChI is InChI=1S/C17H10ClN7O3S/c18-10-4-1-3-9(7-10)8-19-15-14(16(26)23-22-15)21-24-17-20-13-11(25(27)28)5-2-6-12(13)29-17/h1-8H,(H2,22,23,26)/b19-8+,24-21?. The van der Waals surface area contributed by atoms with Crippen molar-refractivity contribution in [1.29, 1.82) is 0 Å². The minimum atomic E-state index is -0.515. The summed E-state index contributed by atoms with van der Waals surface area (Å²) in [5.41, 5.74) is 0.280. The third kappa shape index (κ3) is 3.95. The van der Waals surface area contributed by atoms with Crippen molar-refractivity contribution in [3.8, 4) is 0 Å². The maximum atomic E-state index is 12.0. The first-order valence-electron chi connectivity index (χ1n) is 8.07. The molecule has 4 aromatic rings. The Morgan fingerprint density at radius 1 is 1.17 bits per heavy atom. The van der Waals surface area contributed by atoms with Gasteiger partial charge in [0.05, 0.1) is 9.62 Å². The number of thiazole rings is 1. The molecule has 144 valence electrons. The van der Waals surface area contributed by atoms with Crippen LogP contribution in [-0.2, 0) is 0 Å². The second-order valence-corrected chi connectivity index (χ2v) is 7.11. The van der Waals surface area contributed by atoms with Gasteiger partial charge in [-0.1, -0.05) is 41.1 Å². The number of fused-ring (bicyclic) bond motifs is 1. The number of nitro benzene ring substituents is 1. The number of non-ortho nitro benzene ring substituents is 1. The van der Waals surface area contributed by atoms with E-state index in [-0.39, 0.29) is 27.8 Å². The number of nitro groups is 1. The van der Waals surface area contributed by atoms with Crippen LogP contribution in [0.4, 0.5) is 22.3 Å². The molecule has 0 fully saturated rings. The number of para-hydroxylation sites is 1. The fourth-order valence-electron chi connectivity index (χ4n) is 2.46. The number of hydrogen-bond acceptors (Lipinski definition) is 8. The Labute approximate surface area is 170 Å². The first-order chi connectivity index (χ1) is 14.0. The number of aromatic amines is 2. The van der Waals surface area contributed by atoms with Crippen LogP contribution in [0.1, 0.15) is 5.56 Å². The van der Waals surface area contributed by atoms with Crippen molar-refractivity contribution in [1.82, 2.24) is 15.2 Å². The second kappa shape index (κ2) is 7.73. The minimum Gasteiger partial charge on any atom is -0.280 e. The van der Waals surface area contributed by atoms with Gasteiger partial charge in [0.1, 0.15) is 0 Å². The van der Waals surface area contributed by atoms with Gasteiger partial charge in [0.2, 0.25) is 5.13 Å². The maximum Gasteiger partial charge on any atom is 0.296 e. The fraction of sp³-hybridized carbons (Fsp3) is 0. The largest absolute Gasteiger partial charge is 0.296 e. The SMILES string of the molecule is O=c1[nH][nH]c(/N=C/c2cccc(Cl)c2)c1N=Nc1nc2c([N+](=O)[O-])cccc2s1. The molecule has 0 atom stereocenters. The lowest BCUT2D eigenvalue weighted by molar-refractivity contribution is -0.383. The summed E-state index contributed by atoms with van der Waals surface area (Å²) < 4.78 is 0.593. The van der Waals surface area contributed by atoms with E-state index in [1.807, 2.05) is 0 Å². The molecule has 0 bridgehead atoms. The van der Waals surface area contributed by atoms with E-state index in [1.165, 1.54) is 12.3 Å². The third-order valence-electron chi connectivity index (χ3n) is 3.74. The van der Waals surface area contributed by atoms with Crippen molar-refractivity contribution in [3.05, 3.63) is 73.5 Å². The van der Waals surface area contributed by atoms with Gasteiger partial charge in [0, 0.05) is 17.3 Å². The fourth-order valence-corrected chi connectivity index (χ4v) is 3.47. The van der Waals surface area contributed by atoms with Crippen LogP contribution >= 0.6 is 22.9 Å². The Hall–Kier alpha value is -3.70. The molecule has 0 aliphatic heterocycles. The van der Waals surface area contributed by atoms with Crippen LogP contribution < -0.4 is 5.56 Å². The molecule has 12 heteroatoms. The third-order valence-corrected chi connectivity index (χ3v) is 4.88. The number of aliphatic imine (C=N–C) groups is 1. The van der Waals surface area contributed by atoms with Crippen molar-refractivity contribution >= 4 is 61.7 Å². The van der Waals surface area contributed by atoms with Crippen molar-refractivity contribution in [3.63, 3.8) is 0 Å². The zero-order valence-electron chi connectivity index (χ0n) is 14.4. The average molecular weight is 428 g/mol. The molecule has 0 radical (unpaired) electrons. The molecule has 0 aliphatic carbocycles. The predicted octanol–water partition coefficient (Wildman–Crippen LogP) is 5.04. The van der Waals surface area contributed by atoms with Crippen LogP contribution in [0.25, 0.3) is 10.2 Å². The molecule has 0 amide bonds. The molecule has 10 nitrogen and oxygen atoms in total. The summed E-state index contributed by atoms with van der Waals surface area (Å²) in [5.74, 6) is 0.172. The van der Waals surface area contributed by atoms with E-state index in [0.717, 1.165) is 16.9 Å². The summed E-state index contributed by atoms with van der Waals surface area (Å²) >= 11 is 7.06. The molecule has 2 heterocycles. The van der Waals surface area contributed by atoms with Gasteiger partial charge in [0.15, 0.2) is 17.0 Å². The highest BCUT2D eigenvalue weighted by Gasteiger charge is 2.16. The number of nitrogens with zero attached hydrogens (tertiary/aromatic N) is 5. The minimum absolute atomic E-state index is 0.0444. The Morgan fingerprint density at radius 3 is 2.79 bits per heavy atom. The van der Waals surface area contributed by atoms with Crippen LogP contribution in [0.3, 0.4) is 0 Å². The second-order valence-electron chi connectivity index (χ2n) is 5.67. The zero-order valence-corrected chi connectivity index (χ0v) is 15.9. The summed E-state index contributed by atoms with van der Waals surface area (Å²) in [4.78, 5) is 30.9. The molecular formula is C17H10ClN7O3S. The Kier molecular flexibility index (Phi) is 4.97. The first kappa shape index (κ1) is 18.7. The number of nitrogens with one attached hydrogen (secondary N) is 2. The number of H-pyrrole nitrogens is 2. The molecule has 0 saturated heterocycles. The first-order valence-corrected chi connectivity index (χ1v) is 9.26. The van der Waals surface area contributed by atoms with Gasteiger partial charge < -0.3 is 0 Å². The number of hydrogen-bond donors (Lipinski definition) is 2. The maximum absolute atomic E-state index is 12.0. The lowest BCUT2D eigenvalue weighted by Crippen LogP contribution is -1.96. The summed E-state index contributed by atoms with van der Waals surface area (Å²) in [6.07, 6.45) is 1.52. The number of aromatic nitrogens is 3. The molecule has 0 aliphatic rings. The van der Waals surface area contributed by atoms with Crippen LogP contribution in [0.2, 0.25) is 5.02 Å². The molecule has 0 saturated carbocycles. The van der Waals surface area contributed by atoms with Crippen LogP contribution in [0, 0.1) is 10.1 Å². The Bertz CT molecular complexity index is 1340. The average Bonchev–Trinajstić information content (AvgIpc) is 3.27. The van der Waals surface area contributed by atoms with E-state index in [9.17, 15) is 14.9 Å². The van der Waals surface area contributed by atoms with E-state index < -0.39 is 10.5 Å². The number of halogens is 1. The molecule has 4 rings (SSSR count). The van der Waals surface area contributed by atoms with E-state index >= 15 is 0 Å². The number of azo groups is 1. The van der Waals surface area contributed by atoms with E-state index in [2.05, 4.69) is 30.4 Å². The lowest BCUT2D eigenvalue weighted by Gasteiger charge is -1.93. The summed E-state index contributed by atoms with van der Waals surface area (Å²) in [6.45, 7) is 0. The van der Waals surface area contributed by atoms with E-state index in [0.29, 0.717) is 9.72 Å². The van der Waals surface area contributed by atoms with Gasteiger partial charge in [0.25, 0.3) is 11.2 Å². The van der Waals surface area contributed by atoms with Crippen LogP contribution in [0.15, 0.2) is 62.5 Å². The van der Waals surface area contributed by atoms with Gasteiger partial charge in [-0.2, -0.15) is 0 Å². The predicted molar refractivity (Wildman–Crippen MR) is 111 cm³/mol. The van der Waals surface area contributed by atoms with Gasteiger partial charge in [-0.15, -0.1) is 10.2 Å². The molecule has 0 spiro atoms. The molecule has 29 heavy (non-hydrogen) atoms. The van der Waals surface area contributed by atoms with Gasteiger partial charge in [-0.05, 0) is 23.8 Å². The molecule has 2 aromatic carbocycles. The van der Waals surface area contributed by atoms with Crippen LogP contribution in [0.5, 0.6) is 0 Å². The molecule has 2 aromatic heterocycles. The summed E-state index contributed by atoms with van der Waals surface area (Å²) in [6, 6.07) is 11.7. The highest BCUT2D eigenvalue weighted by atomic mass is 35.5. The van der Waals surface area contributed by atoms with Crippen LogP contribution in [-0.4, -0.2) is 26.3 Å². The van der Waals surface area contributed by atoms with Crippen molar-refractivity contribution < 1.29 is 4.92 Å². The van der Waals surface area contributed by atoms with E-state index in [4.69, 9.17) is 11.6 Å². The lowest BCUT2D eigenvalue weighted by atomic mass is 10.2. The number of rotatable bonds is 5. The zero-order chi connectivity index (χ0) is 20.4. The quantitative estimate of drug-likeness (QED) is 0.199.